The number of ether oxygens (including phenoxy) is 1. The maximum Gasteiger partial charge on any atom is 0.246 e. The molecule has 1 atom stereocenters. The van der Waals surface area contributed by atoms with Crippen LogP contribution in [0.5, 0.6) is 0 Å². The van der Waals surface area contributed by atoms with Crippen molar-refractivity contribution < 1.29 is 17.9 Å². The SMILES string of the molecule is COCCN(C(=O)/C=C(/C)C12CC3CC(CC(C3)C1)C2)C1CCS(=O)(=O)C1. The predicted molar refractivity (Wildman–Crippen MR) is 105 cm³/mol. The lowest BCUT2D eigenvalue weighted by molar-refractivity contribution is -0.128. The van der Waals surface area contributed by atoms with Crippen molar-refractivity contribution in [3.05, 3.63) is 11.6 Å². The Morgan fingerprint density at radius 1 is 1.15 bits per heavy atom. The van der Waals surface area contributed by atoms with Gasteiger partial charge < -0.3 is 9.64 Å². The number of sulfone groups is 1. The molecule has 1 amide bonds. The van der Waals surface area contributed by atoms with E-state index in [-0.39, 0.29) is 28.9 Å². The molecule has 0 spiro atoms. The van der Waals surface area contributed by atoms with Crippen molar-refractivity contribution in [2.45, 2.75) is 57.9 Å². The molecule has 152 valence electrons. The molecule has 0 radical (unpaired) electrons. The minimum atomic E-state index is -3.02. The number of hydrogen-bond acceptors (Lipinski definition) is 4. The zero-order chi connectivity index (χ0) is 19.2. The average Bonchev–Trinajstić information content (AvgIpc) is 2.93. The summed E-state index contributed by atoms with van der Waals surface area (Å²) in [5, 5.41) is 0. The number of rotatable bonds is 6. The lowest BCUT2D eigenvalue weighted by Gasteiger charge is -2.57. The zero-order valence-corrected chi connectivity index (χ0v) is 17.5. The molecule has 4 bridgehead atoms. The van der Waals surface area contributed by atoms with Gasteiger partial charge in [-0.25, -0.2) is 8.42 Å². The molecule has 1 heterocycles. The second-order valence-corrected chi connectivity index (χ2v) is 11.8. The van der Waals surface area contributed by atoms with E-state index in [0.717, 1.165) is 17.8 Å². The summed E-state index contributed by atoms with van der Waals surface area (Å²) in [4.78, 5) is 14.9. The molecule has 5 nitrogen and oxygen atoms in total. The van der Waals surface area contributed by atoms with Crippen molar-refractivity contribution in [2.24, 2.45) is 23.2 Å². The van der Waals surface area contributed by atoms with Crippen molar-refractivity contribution in [1.82, 2.24) is 4.90 Å². The molecule has 6 heteroatoms. The first-order valence-electron chi connectivity index (χ1n) is 10.5. The zero-order valence-electron chi connectivity index (χ0n) is 16.7. The number of amides is 1. The summed E-state index contributed by atoms with van der Waals surface area (Å²) in [6, 6.07) is -0.210. The van der Waals surface area contributed by atoms with Crippen LogP contribution in [-0.4, -0.2) is 57.0 Å². The Hall–Kier alpha value is -0.880. The Bertz CT molecular complexity index is 691. The molecule has 5 aliphatic rings. The van der Waals surface area contributed by atoms with Crippen LogP contribution in [0.1, 0.15) is 51.9 Å². The Labute approximate surface area is 163 Å². The molecule has 4 aliphatic carbocycles. The van der Waals surface area contributed by atoms with Gasteiger partial charge in [-0.1, -0.05) is 5.57 Å². The van der Waals surface area contributed by atoms with Gasteiger partial charge in [-0.2, -0.15) is 0 Å². The summed E-state index contributed by atoms with van der Waals surface area (Å²) in [6.45, 7) is 3.04. The van der Waals surface area contributed by atoms with Gasteiger partial charge in [0.05, 0.1) is 18.1 Å². The molecule has 27 heavy (non-hydrogen) atoms. The average molecular weight is 396 g/mol. The monoisotopic (exact) mass is 395 g/mol. The van der Waals surface area contributed by atoms with Crippen LogP contribution in [0.4, 0.5) is 0 Å². The van der Waals surface area contributed by atoms with E-state index in [1.807, 2.05) is 6.08 Å². The normalized spacial score (nSPS) is 39.7. The highest BCUT2D eigenvalue weighted by atomic mass is 32.2. The van der Waals surface area contributed by atoms with Crippen LogP contribution in [-0.2, 0) is 19.4 Å². The lowest BCUT2D eigenvalue weighted by atomic mass is 9.48. The van der Waals surface area contributed by atoms with E-state index in [1.165, 1.54) is 44.1 Å². The minimum Gasteiger partial charge on any atom is -0.383 e. The van der Waals surface area contributed by atoms with E-state index in [0.29, 0.717) is 19.6 Å². The summed E-state index contributed by atoms with van der Waals surface area (Å²) < 4.78 is 29.0. The first-order chi connectivity index (χ1) is 12.8. The topological polar surface area (TPSA) is 63.7 Å². The van der Waals surface area contributed by atoms with Gasteiger partial charge in [0, 0.05) is 25.8 Å². The van der Waals surface area contributed by atoms with Gasteiger partial charge in [-0.15, -0.1) is 0 Å². The van der Waals surface area contributed by atoms with E-state index in [4.69, 9.17) is 4.74 Å². The molecule has 5 rings (SSSR count). The molecule has 1 unspecified atom stereocenters. The summed E-state index contributed by atoms with van der Waals surface area (Å²) in [5.41, 5.74) is 1.45. The number of carbonyl (C=O) groups excluding carboxylic acids is 1. The maximum atomic E-state index is 13.1. The van der Waals surface area contributed by atoms with Crippen molar-refractivity contribution in [1.29, 1.82) is 0 Å². The molecule has 1 aliphatic heterocycles. The highest BCUT2D eigenvalue weighted by Gasteiger charge is 2.51. The molecule has 5 fully saturated rings. The van der Waals surface area contributed by atoms with E-state index >= 15 is 0 Å². The summed E-state index contributed by atoms with van der Waals surface area (Å²) in [5.74, 6) is 2.79. The van der Waals surface area contributed by atoms with Crippen molar-refractivity contribution in [3.8, 4) is 0 Å². The fourth-order valence-electron chi connectivity index (χ4n) is 6.70. The van der Waals surface area contributed by atoms with Crippen LogP contribution in [0, 0.1) is 23.2 Å². The Kier molecular flexibility index (Phi) is 5.17. The number of carbonyl (C=O) groups is 1. The van der Waals surface area contributed by atoms with Crippen LogP contribution < -0.4 is 0 Å². The van der Waals surface area contributed by atoms with Gasteiger partial charge in [0.2, 0.25) is 5.91 Å². The number of methoxy groups -OCH3 is 1. The second-order valence-electron chi connectivity index (χ2n) is 9.61. The van der Waals surface area contributed by atoms with Gasteiger partial charge in [0.15, 0.2) is 9.84 Å². The quantitative estimate of drug-likeness (QED) is 0.649. The van der Waals surface area contributed by atoms with E-state index in [2.05, 4.69) is 6.92 Å². The van der Waals surface area contributed by atoms with Crippen LogP contribution in [0.2, 0.25) is 0 Å². The Morgan fingerprint density at radius 2 is 1.74 bits per heavy atom. The standard InChI is InChI=1S/C21H33NO4S/c1-15(21-11-16-8-17(12-21)10-18(9-16)13-21)7-20(23)22(4-5-26-2)19-3-6-27(24,25)14-19/h7,16-19H,3-6,8-14H2,1-2H3/b15-7-. The smallest absolute Gasteiger partial charge is 0.246 e. The van der Waals surface area contributed by atoms with Crippen LogP contribution in [0.25, 0.3) is 0 Å². The largest absolute Gasteiger partial charge is 0.383 e. The Balaban J connectivity index is 1.52. The van der Waals surface area contributed by atoms with E-state index < -0.39 is 9.84 Å². The second kappa shape index (κ2) is 7.18. The Morgan fingerprint density at radius 3 is 2.22 bits per heavy atom. The maximum absolute atomic E-state index is 13.1. The fourth-order valence-corrected chi connectivity index (χ4v) is 8.43. The molecule has 0 N–H and O–H groups in total. The van der Waals surface area contributed by atoms with Gasteiger partial charge in [0.1, 0.15) is 0 Å². The van der Waals surface area contributed by atoms with Crippen LogP contribution in [0.15, 0.2) is 11.6 Å². The molecule has 1 saturated heterocycles. The molecule has 0 aromatic rings. The summed E-state index contributed by atoms with van der Waals surface area (Å²) in [6.07, 6.45) is 10.3. The molecular weight excluding hydrogens is 362 g/mol. The van der Waals surface area contributed by atoms with Gasteiger partial charge in [-0.3, -0.25) is 4.79 Å². The third-order valence-corrected chi connectivity index (χ3v) is 9.43. The van der Waals surface area contributed by atoms with Gasteiger partial charge in [0.25, 0.3) is 0 Å². The predicted octanol–water partition coefficient (Wildman–Crippen LogP) is 2.81. The summed E-state index contributed by atoms with van der Waals surface area (Å²) >= 11 is 0. The molecular formula is C21H33NO4S. The molecule has 0 aromatic heterocycles. The molecule has 4 saturated carbocycles. The van der Waals surface area contributed by atoms with Crippen molar-refractivity contribution in [3.63, 3.8) is 0 Å². The van der Waals surface area contributed by atoms with E-state index in [1.54, 1.807) is 12.0 Å². The van der Waals surface area contributed by atoms with Crippen LogP contribution in [0.3, 0.4) is 0 Å². The van der Waals surface area contributed by atoms with Crippen molar-refractivity contribution >= 4 is 15.7 Å². The summed E-state index contributed by atoms with van der Waals surface area (Å²) in [7, 11) is -1.40. The van der Waals surface area contributed by atoms with Gasteiger partial charge >= 0.3 is 0 Å². The third-order valence-electron chi connectivity index (χ3n) is 7.68. The van der Waals surface area contributed by atoms with Crippen LogP contribution >= 0.6 is 0 Å². The first-order valence-corrected chi connectivity index (χ1v) is 12.3. The minimum absolute atomic E-state index is 0.0256. The molecule has 0 aromatic carbocycles. The third kappa shape index (κ3) is 3.84. The highest BCUT2D eigenvalue weighted by Crippen LogP contribution is 2.62. The fraction of sp³-hybridized carbons (Fsp3) is 0.857. The van der Waals surface area contributed by atoms with Gasteiger partial charge in [-0.05, 0) is 75.0 Å². The number of hydrogen-bond donors (Lipinski definition) is 0. The lowest BCUT2D eigenvalue weighted by Crippen LogP contribution is -2.47. The number of nitrogens with zero attached hydrogens (tertiary/aromatic N) is 1. The first kappa shape index (κ1) is 19.4. The highest BCUT2D eigenvalue weighted by molar-refractivity contribution is 7.91. The van der Waals surface area contributed by atoms with E-state index in [9.17, 15) is 13.2 Å². The number of allylic oxidation sites excluding steroid dienone is 1. The van der Waals surface area contributed by atoms with Crippen molar-refractivity contribution in [2.75, 3.05) is 31.8 Å².